The number of ether oxygens (including phenoxy) is 6. The van der Waals surface area contributed by atoms with Crippen LogP contribution in [0.2, 0.25) is 0 Å². The lowest BCUT2D eigenvalue weighted by Crippen LogP contribution is -2.58. The zero-order valence-corrected chi connectivity index (χ0v) is 20.8. The van der Waals surface area contributed by atoms with Gasteiger partial charge in [0.1, 0.15) is 24.4 Å². The van der Waals surface area contributed by atoms with Crippen LogP contribution in [0.25, 0.3) is 0 Å². The zero-order valence-electron chi connectivity index (χ0n) is 20.8. The van der Waals surface area contributed by atoms with Crippen LogP contribution in [0.5, 0.6) is 0 Å². The minimum Gasteiger partial charge on any atom is -0.448 e. The maximum atomic E-state index is 13.3. The van der Waals surface area contributed by atoms with E-state index in [1.54, 1.807) is 65.0 Å². The van der Waals surface area contributed by atoms with Crippen LogP contribution in [-0.4, -0.2) is 63.7 Å². The van der Waals surface area contributed by atoms with E-state index in [9.17, 15) is 14.4 Å². The first-order chi connectivity index (χ1) is 16.9. The summed E-state index contributed by atoms with van der Waals surface area (Å²) < 4.78 is 38.5. The Hall–Kier alpha value is -2.83. The van der Waals surface area contributed by atoms with E-state index >= 15 is 0 Å². The number of hydrogen-bond acceptors (Lipinski definition) is 9. The molecule has 0 amide bonds. The standard InChI is InChI=1S/C25H30N2O9/c1-23(2)31-13-15-17(33-23)18-19(35-24(3,4)34-18)25(5,36-20(29)14-9-7-6-8-10-14)21(32-15)27-12-11-16(28)26-22(27)30/h6-12,15,17-19,21H,13H2,1-5H3,(H,26,28,30)/t15?,17-,18-,19?,21+,25?/m0/s1. The summed E-state index contributed by atoms with van der Waals surface area (Å²) >= 11 is 0. The molecule has 0 radical (unpaired) electrons. The molecule has 0 bridgehead atoms. The van der Waals surface area contributed by atoms with Crippen molar-refractivity contribution >= 4 is 5.97 Å². The lowest BCUT2D eigenvalue weighted by Gasteiger charge is -2.42. The van der Waals surface area contributed by atoms with Gasteiger partial charge < -0.3 is 28.4 Å². The van der Waals surface area contributed by atoms with Gasteiger partial charge in [0.2, 0.25) is 0 Å². The van der Waals surface area contributed by atoms with E-state index < -0.39 is 65.0 Å². The number of nitrogens with zero attached hydrogens (tertiary/aromatic N) is 1. The first-order valence-electron chi connectivity index (χ1n) is 11.8. The lowest BCUT2D eigenvalue weighted by molar-refractivity contribution is -0.334. The number of hydrogen-bond donors (Lipinski definition) is 1. The van der Waals surface area contributed by atoms with Gasteiger partial charge in [-0.3, -0.25) is 14.3 Å². The van der Waals surface area contributed by atoms with Crippen LogP contribution >= 0.6 is 0 Å². The minimum absolute atomic E-state index is 0.127. The fourth-order valence-corrected chi connectivity index (χ4v) is 5.02. The fraction of sp³-hybridized carbons (Fsp3) is 0.560. The summed E-state index contributed by atoms with van der Waals surface area (Å²) in [6.07, 6.45) is -2.94. The summed E-state index contributed by atoms with van der Waals surface area (Å²) in [5, 5.41) is 0. The van der Waals surface area contributed by atoms with Crippen LogP contribution in [0.15, 0.2) is 52.2 Å². The van der Waals surface area contributed by atoms with Crippen molar-refractivity contribution in [3.8, 4) is 0 Å². The summed E-state index contributed by atoms with van der Waals surface area (Å²) in [5.74, 6) is -2.63. The van der Waals surface area contributed by atoms with Crippen LogP contribution in [0.1, 0.15) is 51.2 Å². The van der Waals surface area contributed by atoms with Crippen molar-refractivity contribution in [2.45, 2.75) is 82.4 Å². The first kappa shape index (κ1) is 24.8. The molecule has 3 unspecified atom stereocenters. The molecule has 3 aliphatic rings. The largest absolute Gasteiger partial charge is 0.448 e. The summed E-state index contributed by atoms with van der Waals surface area (Å²) in [5.41, 5.74) is -2.60. The molecule has 1 N–H and O–H groups in total. The van der Waals surface area contributed by atoms with E-state index in [1.165, 1.54) is 16.8 Å². The minimum atomic E-state index is -1.60. The second kappa shape index (κ2) is 8.63. The number of aromatic nitrogens is 2. The molecular weight excluding hydrogens is 472 g/mol. The van der Waals surface area contributed by atoms with E-state index in [2.05, 4.69) is 4.98 Å². The molecule has 3 aliphatic heterocycles. The smallest absolute Gasteiger partial charge is 0.338 e. The van der Waals surface area contributed by atoms with Gasteiger partial charge in [0, 0.05) is 12.3 Å². The maximum absolute atomic E-state index is 13.3. The van der Waals surface area contributed by atoms with Crippen molar-refractivity contribution in [2.75, 3.05) is 6.61 Å². The van der Waals surface area contributed by atoms with E-state index in [0.29, 0.717) is 5.56 Å². The Morgan fingerprint density at radius 2 is 1.67 bits per heavy atom. The molecule has 11 nitrogen and oxygen atoms in total. The summed E-state index contributed by atoms with van der Waals surface area (Å²) in [7, 11) is 0. The summed E-state index contributed by atoms with van der Waals surface area (Å²) in [6.45, 7) is 8.82. The van der Waals surface area contributed by atoms with Gasteiger partial charge in [-0.15, -0.1) is 0 Å². The molecule has 194 valence electrons. The van der Waals surface area contributed by atoms with Crippen LogP contribution in [0.3, 0.4) is 0 Å². The molecule has 3 saturated heterocycles. The quantitative estimate of drug-likeness (QED) is 0.624. The Bertz CT molecular complexity index is 1250. The van der Waals surface area contributed by atoms with Gasteiger partial charge in [-0.2, -0.15) is 0 Å². The summed E-state index contributed by atoms with van der Waals surface area (Å²) in [4.78, 5) is 40.3. The second-order valence-electron chi connectivity index (χ2n) is 10.3. The zero-order chi connectivity index (χ0) is 25.9. The molecule has 6 atom stereocenters. The number of rotatable bonds is 3. The van der Waals surface area contributed by atoms with Crippen LogP contribution < -0.4 is 11.2 Å². The molecule has 3 fully saturated rings. The van der Waals surface area contributed by atoms with Crippen molar-refractivity contribution in [3.63, 3.8) is 0 Å². The molecule has 0 spiro atoms. The molecule has 36 heavy (non-hydrogen) atoms. The summed E-state index contributed by atoms with van der Waals surface area (Å²) in [6, 6.07) is 9.65. The molecule has 1 aromatic carbocycles. The highest BCUT2D eigenvalue weighted by atomic mass is 16.8. The van der Waals surface area contributed by atoms with Crippen molar-refractivity contribution in [2.24, 2.45) is 0 Å². The molecule has 0 aliphatic carbocycles. The van der Waals surface area contributed by atoms with E-state index in [0.717, 1.165) is 0 Å². The number of carbonyl (C=O) groups excluding carboxylic acids is 1. The average Bonchev–Trinajstić information content (AvgIpc) is 3.11. The Morgan fingerprint density at radius 3 is 2.36 bits per heavy atom. The Morgan fingerprint density at radius 1 is 0.972 bits per heavy atom. The Kier molecular flexibility index (Phi) is 5.96. The predicted molar refractivity (Wildman–Crippen MR) is 124 cm³/mol. The van der Waals surface area contributed by atoms with Crippen LogP contribution in [0, 0.1) is 0 Å². The SMILES string of the molecule is CC1(C)OC2[C@@H](O1)[C@H]1OC(C)(C)OCC1O[C@@H](n1ccc(=O)[nH]c1=O)C2(C)OC(=O)c1ccccc1. The third-order valence-corrected chi connectivity index (χ3v) is 6.62. The van der Waals surface area contributed by atoms with Gasteiger partial charge in [-0.1, -0.05) is 18.2 Å². The van der Waals surface area contributed by atoms with Gasteiger partial charge in [-0.05, 0) is 46.8 Å². The van der Waals surface area contributed by atoms with Gasteiger partial charge in [0.15, 0.2) is 23.4 Å². The van der Waals surface area contributed by atoms with Gasteiger partial charge >= 0.3 is 11.7 Å². The molecular formula is C25H30N2O9. The third-order valence-electron chi connectivity index (χ3n) is 6.62. The molecule has 11 heteroatoms. The first-order valence-corrected chi connectivity index (χ1v) is 11.8. The number of H-pyrrole nitrogens is 1. The highest BCUT2D eigenvalue weighted by Crippen LogP contribution is 2.48. The van der Waals surface area contributed by atoms with Crippen molar-refractivity contribution in [1.29, 1.82) is 0 Å². The van der Waals surface area contributed by atoms with E-state index in [-0.39, 0.29) is 6.61 Å². The third kappa shape index (κ3) is 4.41. The van der Waals surface area contributed by atoms with Gasteiger partial charge in [0.05, 0.1) is 12.2 Å². The van der Waals surface area contributed by atoms with Crippen molar-refractivity contribution in [1.82, 2.24) is 9.55 Å². The lowest BCUT2D eigenvalue weighted by atomic mass is 9.89. The molecule has 0 saturated carbocycles. The van der Waals surface area contributed by atoms with Crippen LogP contribution in [-0.2, 0) is 28.4 Å². The molecule has 4 heterocycles. The number of fused-ring (bicyclic) bond motifs is 3. The average molecular weight is 503 g/mol. The Labute approximate surface area is 207 Å². The molecule has 1 aromatic heterocycles. The monoisotopic (exact) mass is 502 g/mol. The van der Waals surface area contributed by atoms with Crippen molar-refractivity contribution in [3.05, 3.63) is 69.0 Å². The topological polar surface area (TPSA) is 127 Å². The number of esters is 1. The highest BCUT2D eigenvalue weighted by molar-refractivity contribution is 5.89. The predicted octanol–water partition coefficient (Wildman–Crippen LogP) is 1.72. The number of nitrogens with one attached hydrogen (secondary N) is 1. The Balaban J connectivity index is 1.66. The normalized spacial score (nSPS) is 34.8. The van der Waals surface area contributed by atoms with E-state index in [4.69, 9.17) is 28.4 Å². The number of benzene rings is 1. The number of carbonyl (C=O) groups is 1. The number of aromatic amines is 1. The van der Waals surface area contributed by atoms with Crippen LogP contribution in [0.4, 0.5) is 0 Å². The highest BCUT2D eigenvalue weighted by Gasteiger charge is 2.65. The molecule has 2 aromatic rings. The molecule has 5 rings (SSSR count). The van der Waals surface area contributed by atoms with E-state index in [1.807, 2.05) is 0 Å². The fourth-order valence-electron chi connectivity index (χ4n) is 5.02. The van der Waals surface area contributed by atoms with Gasteiger partial charge in [-0.25, -0.2) is 9.59 Å². The second-order valence-corrected chi connectivity index (χ2v) is 10.3. The van der Waals surface area contributed by atoms with Gasteiger partial charge in [0.25, 0.3) is 5.56 Å². The maximum Gasteiger partial charge on any atom is 0.338 e. The van der Waals surface area contributed by atoms with Crippen molar-refractivity contribution < 1.29 is 33.2 Å².